The summed E-state index contributed by atoms with van der Waals surface area (Å²) in [6.07, 6.45) is 3.96. The number of hydrogen-bond acceptors (Lipinski definition) is 2. The third-order valence-electron chi connectivity index (χ3n) is 2.34. The topological polar surface area (TPSA) is 49.3 Å². The molecule has 1 atom stereocenters. The van der Waals surface area contributed by atoms with Crippen molar-refractivity contribution < 1.29 is 9.90 Å². The number of benzene rings is 1. The van der Waals surface area contributed by atoms with Crippen LogP contribution in [0.5, 0.6) is 0 Å². The molecule has 4 heteroatoms. The van der Waals surface area contributed by atoms with E-state index in [1.54, 1.807) is 6.08 Å². The largest absolute Gasteiger partial charge is 0.480 e. The van der Waals surface area contributed by atoms with Crippen molar-refractivity contribution in [2.45, 2.75) is 12.5 Å². The molecule has 0 radical (unpaired) electrons. The highest BCUT2D eigenvalue weighted by molar-refractivity contribution is 9.11. The van der Waals surface area contributed by atoms with Gasteiger partial charge in [0.1, 0.15) is 6.04 Å². The normalized spacial score (nSPS) is 13.1. The molecule has 0 spiro atoms. The van der Waals surface area contributed by atoms with E-state index in [9.17, 15) is 4.79 Å². The molecule has 0 aliphatic rings. The van der Waals surface area contributed by atoms with Crippen LogP contribution in [0.15, 0.2) is 47.5 Å². The van der Waals surface area contributed by atoms with E-state index in [0.29, 0.717) is 13.0 Å². The van der Waals surface area contributed by atoms with Crippen LogP contribution in [0.4, 0.5) is 0 Å². The first-order valence-electron chi connectivity index (χ1n) is 5.61. The van der Waals surface area contributed by atoms with Crippen molar-refractivity contribution in [2.24, 2.45) is 0 Å². The Kier molecular flexibility index (Phi) is 6.39. The van der Waals surface area contributed by atoms with E-state index in [1.807, 2.05) is 36.4 Å². The maximum absolute atomic E-state index is 10.9. The molecule has 1 aromatic carbocycles. The van der Waals surface area contributed by atoms with Crippen LogP contribution >= 0.6 is 15.9 Å². The summed E-state index contributed by atoms with van der Waals surface area (Å²) >= 11 is 3.42. The standard InChI is InChI=1S/C14H16BrNO2/c1-2-6-13(14(17)18)16-10-12(15)9-11-7-4-3-5-8-11/h2-5,7-9,13,16H,1,6,10H2,(H,17,18)/b12-9-. The van der Waals surface area contributed by atoms with Gasteiger partial charge in [-0.2, -0.15) is 0 Å². The molecule has 0 aromatic heterocycles. The van der Waals surface area contributed by atoms with E-state index >= 15 is 0 Å². The van der Waals surface area contributed by atoms with Gasteiger partial charge in [-0.05, 0) is 18.1 Å². The second-order valence-corrected chi connectivity index (χ2v) is 4.82. The molecular weight excluding hydrogens is 294 g/mol. The van der Waals surface area contributed by atoms with Gasteiger partial charge < -0.3 is 5.11 Å². The zero-order valence-electron chi connectivity index (χ0n) is 9.97. The minimum Gasteiger partial charge on any atom is -0.480 e. The average Bonchev–Trinajstić information content (AvgIpc) is 2.35. The minimum atomic E-state index is -0.866. The molecule has 0 saturated heterocycles. The summed E-state index contributed by atoms with van der Waals surface area (Å²) in [4.78, 5) is 10.9. The summed E-state index contributed by atoms with van der Waals surface area (Å²) in [6, 6.07) is 9.24. The highest BCUT2D eigenvalue weighted by Crippen LogP contribution is 2.11. The van der Waals surface area contributed by atoms with Crippen molar-refractivity contribution in [3.8, 4) is 0 Å². The maximum atomic E-state index is 10.9. The summed E-state index contributed by atoms with van der Waals surface area (Å²) in [5.41, 5.74) is 1.07. The van der Waals surface area contributed by atoms with Crippen molar-refractivity contribution in [2.75, 3.05) is 6.54 Å². The van der Waals surface area contributed by atoms with E-state index < -0.39 is 12.0 Å². The van der Waals surface area contributed by atoms with E-state index in [1.165, 1.54) is 0 Å². The SMILES string of the molecule is C=CCC(NC/C(Br)=C/c1ccccc1)C(=O)O. The zero-order chi connectivity index (χ0) is 13.4. The number of carboxylic acid groups (broad SMARTS) is 1. The lowest BCUT2D eigenvalue weighted by molar-refractivity contribution is -0.139. The van der Waals surface area contributed by atoms with Crippen LogP contribution in [0.2, 0.25) is 0 Å². The fourth-order valence-electron chi connectivity index (χ4n) is 1.44. The van der Waals surface area contributed by atoms with Crippen LogP contribution in [-0.2, 0) is 4.79 Å². The van der Waals surface area contributed by atoms with Crippen LogP contribution in [0.25, 0.3) is 6.08 Å². The van der Waals surface area contributed by atoms with Gasteiger partial charge in [-0.15, -0.1) is 6.58 Å². The summed E-state index contributed by atoms with van der Waals surface area (Å²) in [6.45, 7) is 4.02. The Morgan fingerprint density at radius 3 is 2.67 bits per heavy atom. The van der Waals surface area contributed by atoms with Gasteiger partial charge in [-0.25, -0.2) is 0 Å². The van der Waals surface area contributed by atoms with Gasteiger partial charge in [0.25, 0.3) is 0 Å². The number of rotatable bonds is 7. The Balaban J connectivity index is 2.54. The first kappa shape index (κ1) is 14.7. The Bertz CT molecular complexity index is 429. The number of aliphatic carboxylic acids is 1. The average molecular weight is 310 g/mol. The third-order valence-corrected chi connectivity index (χ3v) is 2.85. The molecule has 0 saturated carbocycles. The van der Waals surface area contributed by atoms with Crippen molar-refractivity contribution in [1.29, 1.82) is 0 Å². The van der Waals surface area contributed by atoms with E-state index in [-0.39, 0.29) is 0 Å². The molecule has 1 unspecified atom stereocenters. The number of carbonyl (C=O) groups is 1. The molecule has 1 rings (SSSR count). The second-order valence-electron chi connectivity index (χ2n) is 3.80. The van der Waals surface area contributed by atoms with Gasteiger partial charge in [-0.1, -0.05) is 52.3 Å². The lowest BCUT2D eigenvalue weighted by atomic mass is 10.2. The molecule has 0 aliphatic carbocycles. The molecule has 96 valence electrons. The lowest BCUT2D eigenvalue weighted by Gasteiger charge is -2.11. The molecule has 3 nitrogen and oxygen atoms in total. The monoisotopic (exact) mass is 309 g/mol. The zero-order valence-corrected chi connectivity index (χ0v) is 11.6. The second kappa shape index (κ2) is 7.84. The van der Waals surface area contributed by atoms with Crippen LogP contribution in [0, 0.1) is 0 Å². The van der Waals surface area contributed by atoms with Gasteiger partial charge >= 0.3 is 5.97 Å². The van der Waals surface area contributed by atoms with Crippen LogP contribution in [0.3, 0.4) is 0 Å². The predicted octanol–water partition coefficient (Wildman–Crippen LogP) is 3.04. The van der Waals surface area contributed by atoms with Gasteiger partial charge in [0.05, 0.1) is 0 Å². The molecule has 0 fully saturated rings. The highest BCUT2D eigenvalue weighted by Gasteiger charge is 2.14. The summed E-state index contributed by atoms with van der Waals surface area (Å²) in [5, 5.41) is 11.9. The molecular formula is C14H16BrNO2. The minimum absolute atomic E-state index is 0.404. The van der Waals surface area contributed by atoms with E-state index in [0.717, 1.165) is 10.0 Å². The quantitative estimate of drug-likeness (QED) is 0.761. The number of halogens is 1. The number of carboxylic acids is 1. The van der Waals surface area contributed by atoms with Crippen LogP contribution in [0.1, 0.15) is 12.0 Å². The molecule has 0 heterocycles. The Labute approximate surface area is 115 Å². The lowest BCUT2D eigenvalue weighted by Crippen LogP contribution is -2.36. The van der Waals surface area contributed by atoms with E-state index in [2.05, 4.69) is 27.8 Å². The Hall–Kier alpha value is -1.39. The fraction of sp³-hybridized carbons (Fsp3) is 0.214. The third kappa shape index (κ3) is 5.29. The maximum Gasteiger partial charge on any atom is 0.321 e. The van der Waals surface area contributed by atoms with Gasteiger partial charge in [0, 0.05) is 11.0 Å². The molecule has 1 aromatic rings. The summed E-state index contributed by atoms with van der Waals surface area (Å²) in [5.74, 6) is -0.866. The predicted molar refractivity (Wildman–Crippen MR) is 77.6 cm³/mol. The van der Waals surface area contributed by atoms with Gasteiger partial charge in [-0.3, -0.25) is 10.1 Å². The van der Waals surface area contributed by atoms with Crippen molar-refractivity contribution in [3.05, 3.63) is 53.0 Å². The Morgan fingerprint density at radius 2 is 2.11 bits per heavy atom. The molecule has 2 N–H and O–H groups in total. The van der Waals surface area contributed by atoms with E-state index in [4.69, 9.17) is 5.11 Å². The van der Waals surface area contributed by atoms with Gasteiger partial charge in [0.2, 0.25) is 0 Å². The Morgan fingerprint density at radius 1 is 1.44 bits per heavy atom. The smallest absolute Gasteiger partial charge is 0.321 e. The van der Waals surface area contributed by atoms with Crippen molar-refractivity contribution in [3.63, 3.8) is 0 Å². The number of nitrogens with one attached hydrogen (secondary N) is 1. The molecule has 0 aliphatic heterocycles. The molecule has 0 bridgehead atoms. The first-order valence-corrected chi connectivity index (χ1v) is 6.41. The van der Waals surface area contributed by atoms with Crippen molar-refractivity contribution >= 4 is 28.0 Å². The van der Waals surface area contributed by atoms with Crippen LogP contribution in [-0.4, -0.2) is 23.7 Å². The first-order chi connectivity index (χ1) is 8.63. The fourth-order valence-corrected chi connectivity index (χ4v) is 1.87. The summed E-state index contributed by atoms with van der Waals surface area (Å²) < 4.78 is 0.906. The van der Waals surface area contributed by atoms with Crippen LogP contribution < -0.4 is 5.32 Å². The van der Waals surface area contributed by atoms with Crippen molar-refractivity contribution in [1.82, 2.24) is 5.32 Å². The molecule has 18 heavy (non-hydrogen) atoms. The summed E-state index contributed by atoms with van der Waals surface area (Å²) in [7, 11) is 0. The van der Waals surface area contributed by atoms with Gasteiger partial charge in [0.15, 0.2) is 0 Å². The number of hydrogen-bond donors (Lipinski definition) is 2. The molecule has 0 amide bonds. The highest BCUT2D eigenvalue weighted by atomic mass is 79.9.